The van der Waals surface area contributed by atoms with Crippen molar-refractivity contribution in [2.45, 2.75) is 50.4 Å². The van der Waals surface area contributed by atoms with Crippen molar-refractivity contribution in [3.63, 3.8) is 0 Å². The first-order chi connectivity index (χ1) is 20.1. The van der Waals surface area contributed by atoms with Crippen molar-refractivity contribution in [3.8, 4) is 16.8 Å². The van der Waals surface area contributed by atoms with Gasteiger partial charge in [-0.05, 0) is 99.3 Å². The Balaban J connectivity index is 0.00000250. The molecule has 0 aliphatic heterocycles. The van der Waals surface area contributed by atoms with Crippen LogP contribution >= 0.6 is 0 Å². The minimum absolute atomic E-state index is 0. The number of hydrogen-bond donors (Lipinski definition) is 0. The molecule has 42 heavy (non-hydrogen) atoms. The maximum atomic E-state index is 5.10. The maximum absolute atomic E-state index is 5.10. The van der Waals surface area contributed by atoms with Crippen LogP contribution in [0.5, 0.6) is 0 Å². The Morgan fingerprint density at radius 1 is 0.762 bits per heavy atom. The van der Waals surface area contributed by atoms with Crippen LogP contribution in [-0.2, 0) is 25.5 Å². The molecule has 205 valence electrons. The average Bonchev–Trinajstić information content (AvgIpc) is 3.76. The van der Waals surface area contributed by atoms with Crippen LogP contribution in [0.4, 0.5) is 0 Å². The summed E-state index contributed by atoms with van der Waals surface area (Å²) in [5.41, 5.74) is 13.4. The van der Waals surface area contributed by atoms with E-state index < -0.39 is 0 Å². The van der Waals surface area contributed by atoms with Gasteiger partial charge in [0.15, 0.2) is 0 Å². The molecule has 10 rings (SSSR count). The van der Waals surface area contributed by atoms with E-state index in [0.29, 0.717) is 11.8 Å². The van der Waals surface area contributed by atoms with Gasteiger partial charge in [-0.2, -0.15) is 0 Å². The molecular formula is C39H29IrN2-. The second kappa shape index (κ2) is 8.40. The second-order valence-electron chi connectivity index (χ2n) is 13.0. The number of aromatic nitrogens is 2. The van der Waals surface area contributed by atoms with Gasteiger partial charge in [-0.1, -0.05) is 73.8 Å². The van der Waals surface area contributed by atoms with E-state index in [4.69, 9.17) is 4.98 Å². The van der Waals surface area contributed by atoms with Crippen LogP contribution in [0.15, 0.2) is 91.1 Å². The molecule has 0 saturated heterocycles. The third-order valence-corrected chi connectivity index (χ3v) is 10.8. The summed E-state index contributed by atoms with van der Waals surface area (Å²) in [6, 6.07) is 35.4. The first-order valence-electron chi connectivity index (χ1n) is 15.0. The Morgan fingerprint density at radius 2 is 1.57 bits per heavy atom. The topological polar surface area (TPSA) is 17.8 Å². The second-order valence-corrected chi connectivity index (χ2v) is 13.0. The molecule has 1 radical (unpaired) electrons. The van der Waals surface area contributed by atoms with Gasteiger partial charge in [0.2, 0.25) is 0 Å². The molecular weight excluding hydrogens is 689 g/mol. The van der Waals surface area contributed by atoms with Crippen molar-refractivity contribution < 1.29 is 20.1 Å². The van der Waals surface area contributed by atoms with Crippen LogP contribution in [0.3, 0.4) is 0 Å². The van der Waals surface area contributed by atoms with E-state index in [1.807, 2.05) is 0 Å². The number of pyridine rings is 1. The molecule has 2 nitrogen and oxygen atoms in total. The third kappa shape index (κ3) is 2.96. The standard InChI is InChI=1S/C39H29N2.Ir/c1-39(2)32-11-5-3-8-24(32)29-19-30-25-9-4-6-12-34(25)41(36(30)20-33(29)39)35-13-7-10-27-26(35)16-17-28-37-23-15-14-22(18-23)31(37)21-40-38(27)28;/h3-9,11-13,16-17,19-23H,14-15,18H2,1-2H3;/q-1;. The minimum Gasteiger partial charge on any atom is -0.326 e. The number of benzene rings is 5. The average molecular weight is 718 g/mol. The molecule has 3 aliphatic carbocycles. The Bertz CT molecular complexity index is 2290. The predicted octanol–water partition coefficient (Wildman–Crippen LogP) is 9.95. The summed E-state index contributed by atoms with van der Waals surface area (Å²) in [5, 5.41) is 6.28. The first kappa shape index (κ1) is 24.8. The first-order valence-corrected chi connectivity index (χ1v) is 15.0. The molecule has 2 bridgehead atoms. The quantitative estimate of drug-likeness (QED) is 0.122. The van der Waals surface area contributed by atoms with E-state index in [0.717, 1.165) is 10.9 Å². The molecule has 2 atom stereocenters. The summed E-state index contributed by atoms with van der Waals surface area (Å²) in [6.07, 6.45) is 6.15. The van der Waals surface area contributed by atoms with E-state index in [2.05, 4.69) is 116 Å². The molecule has 1 fully saturated rings. The zero-order valence-corrected chi connectivity index (χ0v) is 26.1. The van der Waals surface area contributed by atoms with Crippen LogP contribution in [-0.4, -0.2) is 9.55 Å². The molecule has 5 aromatic carbocycles. The summed E-state index contributed by atoms with van der Waals surface area (Å²) in [7, 11) is 0. The smallest absolute Gasteiger partial charge is 0.0527 e. The molecule has 0 spiro atoms. The van der Waals surface area contributed by atoms with Crippen LogP contribution < -0.4 is 0 Å². The molecule has 3 heteroatoms. The minimum atomic E-state index is -0.0478. The van der Waals surface area contributed by atoms with Gasteiger partial charge in [0.1, 0.15) is 0 Å². The van der Waals surface area contributed by atoms with Crippen molar-refractivity contribution in [3.05, 3.63) is 119 Å². The van der Waals surface area contributed by atoms with Crippen molar-refractivity contribution in [1.82, 2.24) is 9.55 Å². The van der Waals surface area contributed by atoms with Gasteiger partial charge in [0, 0.05) is 42.5 Å². The molecule has 2 heterocycles. The van der Waals surface area contributed by atoms with Crippen molar-refractivity contribution in [2.75, 3.05) is 0 Å². The summed E-state index contributed by atoms with van der Waals surface area (Å²) in [4.78, 5) is 5.10. The number of nitrogens with zero attached hydrogens (tertiary/aromatic N) is 2. The summed E-state index contributed by atoms with van der Waals surface area (Å²) >= 11 is 0. The van der Waals surface area contributed by atoms with Gasteiger partial charge in [-0.25, -0.2) is 0 Å². The van der Waals surface area contributed by atoms with Crippen molar-refractivity contribution in [2.24, 2.45) is 0 Å². The molecule has 1 saturated carbocycles. The largest absolute Gasteiger partial charge is 0.326 e. The molecule has 0 N–H and O–H groups in total. The Kier molecular flexibility index (Phi) is 4.96. The summed E-state index contributed by atoms with van der Waals surface area (Å²) < 4.78 is 2.49. The van der Waals surface area contributed by atoms with Gasteiger partial charge < -0.3 is 9.55 Å². The van der Waals surface area contributed by atoms with Gasteiger partial charge in [0.05, 0.1) is 11.0 Å². The number of para-hydroxylation sites is 1. The maximum Gasteiger partial charge on any atom is 0.0527 e. The Labute approximate surface area is 258 Å². The monoisotopic (exact) mass is 718 g/mol. The molecule has 0 amide bonds. The fourth-order valence-electron chi connectivity index (χ4n) is 8.88. The van der Waals surface area contributed by atoms with E-state index in [9.17, 15) is 0 Å². The van der Waals surface area contributed by atoms with Crippen LogP contribution in [0.1, 0.15) is 67.2 Å². The summed E-state index contributed by atoms with van der Waals surface area (Å²) in [6.45, 7) is 4.73. The molecule has 7 aromatic rings. The fourth-order valence-corrected chi connectivity index (χ4v) is 8.88. The predicted molar refractivity (Wildman–Crippen MR) is 169 cm³/mol. The van der Waals surface area contributed by atoms with Crippen molar-refractivity contribution in [1.29, 1.82) is 0 Å². The zero-order valence-electron chi connectivity index (χ0n) is 23.7. The van der Waals surface area contributed by atoms with E-state index >= 15 is 0 Å². The van der Waals surface area contributed by atoms with Gasteiger partial charge in [-0.3, -0.25) is 0 Å². The van der Waals surface area contributed by atoms with Crippen LogP contribution in [0, 0.1) is 6.07 Å². The van der Waals surface area contributed by atoms with Gasteiger partial charge in [0.25, 0.3) is 0 Å². The molecule has 2 aromatic heterocycles. The fraction of sp³-hybridized carbons (Fsp3) is 0.205. The Hall–Kier alpha value is -3.78. The SMILES string of the molecule is CC1(C)c2ccccc2-c2cc3c4ccccc4n(-c4cc[c-]c5c4ccc4c6c(cnc45)C4CCC6C4)c3cc21.[Ir]. The third-order valence-electron chi connectivity index (χ3n) is 10.8. The summed E-state index contributed by atoms with van der Waals surface area (Å²) in [5.74, 6) is 1.42. The molecule has 3 aliphatic rings. The zero-order chi connectivity index (χ0) is 27.0. The van der Waals surface area contributed by atoms with E-state index in [-0.39, 0.29) is 25.5 Å². The van der Waals surface area contributed by atoms with Crippen LogP contribution in [0.25, 0.3) is 60.3 Å². The van der Waals surface area contributed by atoms with Gasteiger partial charge >= 0.3 is 0 Å². The number of hydrogen-bond acceptors (Lipinski definition) is 1. The normalized spacial score (nSPS) is 19.4. The Morgan fingerprint density at radius 3 is 2.50 bits per heavy atom. The van der Waals surface area contributed by atoms with E-state index in [1.165, 1.54) is 85.3 Å². The number of rotatable bonds is 1. The van der Waals surface area contributed by atoms with Crippen LogP contribution in [0.2, 0.25) is 0 Å². The van der Waals surface area contributed by atoms with E-state index in [1.54, 1.807) is 5.56 Å². The van der Waals surface area contributed by atoms with Crippen molar-refractivity contribution >= 4 is 43.5 Å². The number of fused-ring (bicyclic) bond motifs is 15. The molecule has 2 unspecified atom stereocenters. The van der Waals surface area contributed by atoms with Gasteiger partial charge in [-0.15, -0.1) is 23.6 Å².